The van der Waals surface area contributed by atoms with Gasteiger partial charge < -0.3 is 11.1 Å². The van der Waals surface area contributed by atoms with Crippen LogP contribution in [0, 0.1) is 5.92 Å². The first-order valence-corrected chi connectivity index (χ1v) is 7.34. The van der Waals surface area contributed by atoms with Gasteiger partial charge >= 0.3 is 0 Å². The number of hydrogen-bond acceptors (Lipinski definition) is 3. The molecule has 0 aliphatic carbocycles. The van der Waals surface area contributed by atoms with Gasteiger partial charge in [0.15, 0.2) is 0 Å². The lowest BCUT2D eigenvalue weighted by Crippen LogP contribution is -2.45. The van der Waals surface area contributed by atoms with Crippen molar-refractivity contribution in [1.82, 2.24) is 5.32 Å². The molecule has 0 heterocycles. The lowest BCUT2D eigenvalue weighted by atomic mass is 9.99. The zero-order valence-electron chi connectivity index (χ0n) is 11.1. The number of carbonyl (C=O) groups excluding carboxylic acids is 1. The molecule has 0 aliphatic rings. The Morgan fingerprint density at radius 1 is 1.39 bits per heavy atom. The molecule has 0 fully saturated rings. The molecule has 1 rings (SSSR count). The fraction of sp³-hybridized carbons (Fsp3) is 0.500. The summed E-state index contributed by atoms with van der Waals surface area (Å²) in [6, 6.07) is 9.77. The van der Waals surface area contributed by atoms with E-state index in [0.717, 1.165) is 12.2 Å². The molecule has 1 amide bonds. The van der Waals surface area contributed by atoms with Crippen molar-refractivity contribution in [2.45, 2.75) is 31.2 Å². The Morgan fingerprint density at radius 3 is 2.67 bits per heavy atom. The molecule has 3 N–H and O–H groups in total. The predicted molar refractivity (Wildman–Crippen MR) is 77.6 cm³/mol. The summed E-state index contributed by atoms with van der Waals surface area (Å²) in [4.78, 5) is 12.9. The van der Waals surface area contributed by atoms with E-state index in [-0.39, 0.29) is 11.8 Å². The topological polar surface area (TPSA) is 55.1 Å². The summed E-state index contributed by atoms with van der Waals surface area (Å²) < 4.78 is 0. The van der Waals surface area contributed by atoms with Crippen molar-refractivity contribution in [2.75, 3.05) is 12.3 Å². The van der Waals surface area contributed by atoms with Crippen LogP contribution in [0.1, 0.15) is 20.3 Å². The summed E-state index contributed by atoms with van der Waals surface area (Å²) in [5, 5.41) is 2.88. The monoisotopic (exact) mass is 266 g/mol. The number of rotatable bonds is 7. The van der Waals surface area contributed by atoms with Gasteiger partial charge in [-0.15, -0.1) is 11.8 Å². The smallest absolute Gasteiger partial charge is 0.237 e. The van der Waals surface area contributed by atoms with Crippen LogP contribution in [-0.4, -0.2) is 24.2 Å². The third-order valence-electron chi connectivity index (χ3n) is 2.97. The Balaban J connectivity index is 2.20. The molecule has 1 aromatic rings. The quantitative estimate of drug-likeness (QED) is 0.588. The van der Waals surface area contributed by atoms with Crippen LogP contribution >= 0.6 is 11.8 Å². The Morgan fingerprint density at radius 2 is 2.06 bits per heavy atom. The van der Waals surface area contributed by atoms with Crippen LogP contribution in [0.4, 0.5) is 0 Å². The largest absolute Gasteiger partial charge is 0.354 e. The van der Waals surface area contributed by atoms with Gasteiger partial charge in [-0.25, -0.2) is 0 Å². The van der Waals surface area contributed by atoms with Gasteiger partial charge in [-0.05, 0) is 18.1 Å². The first-order chi connectivity index (χ1) is 8.65. The number of carbonyl (C=O) groups is 1. The van der Waals surface area contributed by atoms with Crippen molar-refractivity contribution in [3.8, 4) is 0 Å². The molecule has 0 spiro atoms. The van der Waals surface area contributed by atoms with Crippen LogP contribution in [0.25, 0.3) is 0 Å². The fourth-order valence-electron chi connectivity index (χ4n) is 1.49. The average molecular weight is 266 g/mol. The standard InChI is InChI=1S/C14H22N2OS/c1-3-11(2)13(15)14(17)16-9-10-18-12-7-5-4-6-8-12/h4-8,11,13H,3,9-10,15H2,1-2H3,(H,16,17)/t11-,13-/m0/s1. The van der Waals surface area contributed by atoms with Gasteiger partial charge in [0.25, 0.3) is 0 Å². The van der Waals surface area contributed by atoms with E-state index in [1.165, 1.54) is 4.90 Å². The number of hydrogen-bond donors (Lipinski definition) is 2. The van der Waals surface area contributed by atoms with Crippen LogP contribution in [0.3, 0.4) is 0 Å². The van der Waals surface area contributed by atoms with Gasteiger partial charge in [0.2, 0.25) is 5.91 Å². The number of thioether (sulfide) groups is 1. The highest BCUT2D eigenvalue weighted by atomic mass is 32.2. The molecule has 1 aromatic carbocycles. The SMILES string of the molecule is CC[C@H](C)[C@H](N)C(=O)NCCSc1ccccc1. The summed E-state index contributed by atoms with van der Waals surface area (Å²) in [7, 11) is 0. The Bertz CT molecular complexity index is 356. The van der Waals surface area contributed by atoms with Gasteiger partial charge in [0, 0.05) is 17.2 Å². The highest BCUT2D eigenvalue weighted by Crippen LogP contribution is 2.15. The molecule has 100 valence electrons. The zero-order chi connectivity index (χ0) is 13.4. The third kappa shape index (κ3) is 5.10. The minimum Gasteiger partial charge on any atom is -0.354 e. The van der Waals surface area contributed by atoms with E-state index in [1.807, 2.05) is 32.0 Å². The van der Waals surface area contributed by atoms with Crippen LogP contribution in [-0.2, 0) is 4.79 Å². The second kappa shape index (κ2) is 8.16. The molecule has 3 nitrogen and oxygen atoms in total. The molecule has 0 aromatic heterocycles. The minimum absolute atomic E-state index is 0.0435. The first-order valence-electron chi connectivity index (χ1n) is 6.36. The van der Waals surface area contributed by atoms with Gasteiger partial charge in [-0.1, -0.05) is 38.5 Å². The fourth-order valence-corrected chi connectivity index (χ4v) is 2.28. The predicted octanol–water partition coefficient (Wildman–Crippen LogP) is 2.27. The van der Waals surface area contributed by atoms with Crippen molar-refractivity contribution >= 4 is 17.7 Å². The molecular weight excluding hydrogens is 244 g/mol. The van der Waals surface area contributed by atoms with Crippen molar-refractivity contribution in [1.29, 1.82) is 0 Å². The second-order valence-electron chi connectivity index (χ2n) is 4.36. The van der Waals surface area contributed by atoms with Gasteiger partial charge in [0.1, 0.15) is 0 Å². The minimum atomic E-state index is -0.392. The van der Waals surface area contributed by atoms with E-state index in [0.29, 0.717) is 6.54 Å². The van der Waals surface area contributed by atoms with Crippen LogP contribution < -0.4 is 11.1 Å². The number of benzene rings is 1. The zero-order valence-corrected chi connectivity index (χ0v) is 11.9. The van der Waals surface area contributed by atoms with Gasteiger partial charge in [-0.2, -0.15) is 0 Å². The van der Waals surface area contributed by atoms with E-state index in [1.54, 1.807) is 11.8 Å². The summed E-state index contributed by atoms with van der Waals surface area (Å²) in [6.45, 7) is 4.70. The molecule has 18 heavy (non-hydrogen) atoms. The molecule has 0 saturated heterocycles. The first kappa shape index (κ1) is 15.1. The van der Waals surface area contributed by atoms with Crippen LogP contribution in [0.5, 0.6) is 0 Å². The van der Waals surface area contributed by atoms with Crippen molar-refractivity contribution in [3.63, 3.8) is 0 Å². The van der Waals surface area contributed by atoms with E-state index in [2.05, 4.69) is 17.4 Å². The molecule has 2 atom stereocenters. The van der Waals surface area contributed by atoms with E-state index < -0.39 is 6.04 Å². The molecule has 0 aliphatic heterocycles. The number of nitrogens with two attached hydrogens (primary N) is 1. The van der Waals surface area contributed by atoms with Crippen molar-refractivity contribution in [3.05, 3.63) is 30.3 Å². The summed E-state index contributed by atoms with van der Waals surface area (Å²) in [5.74, 6) is 1.05. The van der Waals surface area contributed by atoms with Crippen molar-refractivity contribution in [2.24, 2.45) is 11.7 Å². The maximum absolute atomic E-state index is 11.7. The summed E-state index contributed by atoms with van der Waals surface area (Å²) in [5.41, 5.74) is 5.85. The normalized spacial score (nSPS) is 13.9. The van der Waals surface area contributed by atoms with E-state index >= 15 is 0 Å². The lowest BCUT2D eigenvalue weighted by molar-refractivity contribution is -0.123. The van der Waals surface area contributed by atoms with E-state index in [9.17, 15) is 4.79 Å². The summed E-state index contributed by atoms with van der Waals surface area (Å²) in [6.07, 6.45) is 0.924. The Kier molecular flexibility index (Phi) is 6.83. The maximum Gasteiger partial charge on any atom is 0.237 e. The highest BCUT2D eigenvalue weighted by molar-refractivity contribution is 7.99. The van der Waals surface area contributed by atoms with Crippen molar-refractivity contribution < 1.29 is 4.79 Å². The van der Waals surface area contributed by atoms with Crippen LogP contribution in [0.15, 0.2) is 35.2 Å². The van der Waals surface area contributed by atoms with E-state index in [4.69, 9.17) is 5.73 Å². The molecule has 0 saturated carbocycles. The number of nitrogens with one attached hydrogen (secondary N) is 1. The third-order valence-corrected chi connectivity index (χ3v) is 3.99. The molecule has 0 radical (unpaired) electrons. The highest BCUT2D eigenvalue weighted by Gasteiger charge is 2.18. The summed E-state index contributed by atoms with van der Waals surface area (Å²) >= 11 is 1.73. The van der Waals surface area contributed by atoms with Gasteiger partial charge in [0.05, 0.1) is 6.04 Å². The molecule has 0 unspecified atom stereocenters. The Labute approximate surface area is 114 Å². The number of amides is 1. The molecular formula is C14H22N2OS. The molecule has 0 bridgehead atoms. The van der Waals surface area contributed by atoms with Crippen LogP contribution in [0.2, 0.25) is 0 Å². The van der Waals surface area contributed by atoms with Gasteiger partial charge in [-0.3, -0.25) is 4.79 Å². The molecule has 4 heteroatoms. The maximum atomic E-state index is 11.7. The second-order valence-corrected chi connectivity index (χ2v) is 5.53. The average Bonchev–Trinajstić information content (AvgIpc) is 2.42. The lowest BCUT2D eigenvalue weighted by Gasteiger charge is -2.17. The Hall–Kier alpha value is -1.00.